The van der Waals surface area contributed by atoms with Crippen molar-refractivity contribution in [3.63, 3.8) is 0 Å². The van der Waals surface area contributed by atoms with Crippen molar-refractivity contribution in [3.05, 3.63) is 23.8 Å². The van der Waals surface area contributed by atoms with Crippen molar-refractivity contribution in [2.75, 3.05) is 20.1 Å². The highest BCUT2D eigenvalue weighted by Crippen LogP contribution is 2.27. The molecule has 0 aromatic heterocycles. The van der Waals surface area contributed by atoms with Gasteiger partial charge in [0.15, 0.2) is 0 Å². The predicted octanol–water partition coefficient (Wildman–Crippen LogP) is 1.82. The van der Waals surface area contributed by atoms with Crippen LogP contribution in [0.4, 0.5) is 0 Å². The van der Waals surface area contributed by atoms with Gasteiger partial charge in [-0.3, -0.25) is 0 Å². The minimum Gasteiger partial charge on any atom is -0.302 e. The summed E-state index contributed by atoms with van der Waals surface area (Å²) in [4.78, 5) is 2.40. The minimum absolute atomic E-state index is 0.871. The maximum atomic E-state index is 2.40. The van der Waals surface area contributed by atoms with Crippen LogP contribution in [0, 0.1) is 5.92 Å². The van der Waals surface area contributed by atoms with Gasteiger partial charge in [0.1, 0.15) is 0 Å². The second kappa shape index (κ2) is 2.82. The predicted molar refractivity (Wildman–Crippen MR) is 47.4 cm³/mol. The third kappa shape index (κ3) is 1.38. The lowest BCUT2D eigenvalue weighted by Gasteiger charge is -2.32. The van der Waals surface area contributed by atoms with Crippen molar-refractivity contribution < 1.29 is 0 Å². The molecule has 0 aromatic rings. The van der Waals surface area contributed by atoms with Crippen molar-refractivity contribution in [1.29, 1.82) is 0 Å². The zero-order valence-electron chi connectivity index (χ0n) is 7.09. The summed E-state index contributed by atoms with van der Waals surface area (Å²) in [7, 11) is 2.20. The average Bonchev–Trinajstić information content (AvgIpc) is 2.04. The van der Waals surface area contributed by atoms with Crippen molar-refractivity contribution >= 4 is 0 Å². The normalized spacial score (nSPS) is 31.4. The van der Waals surface area contributed by atoms with E-state index >= 15 is 0 Å². The Kier molecular flexibility index (Phi) is 1.82. The lowest BCUT2D eigenvalue weighted by atomic mass is 9.86. The van der Waals surface area contributed by atoms with Crippen molar-refractivity contribution in [3.8, 4) is 0 Å². The smallest absolute Gasteiger partial charge is 0.0195 e. The van der Waals surface area contributed by atoms with E-state index in [-0.39, 0.29) is 0 Å². The molecule has 11 heavy (non-hydrogen) atoms. The Labute approximate surface area is 68.4 Å². The summed E-state index contributed by atoms with van der Waals surface area (Å²) in [6, 6.07) is 0. The summed E-state index contributed by atoms with van der Waals surface area (Å²) in [6.45, 7) is 2.46. The molecule has 1 aliphatic carbocycles. The molecule has 1 fully saturated rings. The molecule has 0 N–H and O–H groups in total. The Bertz CT molecular complexity index is 203. The Morgan fingerprint density at radius 2 is 2.45 bits per heavy atom. The Hall–Kier alpha value is -0.560. The summed E-state index contributed by atoms with van der Waals surface area (Å²) in [5.41, 5.74) is 1.64. The summed E-state index contributed by atoms with van der Waals surface area (Å²) in [5, 5.41) is 0. The van der Waals surface area contributed by atoms with Crippen LogP contribution in [0.15, 0.2) is 23.8 Å². The molecule has 1 heteroatoms. The molecule has 0 saturated carbocycles. The van der Waals surface area contributed by atoms with Gasteiger partial charge in [-0.2, -0.15) is 0 Å². The fraction of sp³-hybridized carbons (Fsp3) is 0.600. The highest BCUT2D eigenvalue weighted by molar-refractivity contribution is 5.23. The van der Waals surface area contributed by atoms with Crippen LogP contribution in [0.5, 0.6) is 0 Å². The van der Waals surface area contributed by atoms with E-state index in [1.54, 1.807) is 5.57 Å². The monoisotopic (exact) mass is 149 g/mol. The summed E-state index contributed by atoms with van der Waals surface area (Å²) in [5.74, 6) is 0.871. The maximum Gasteiger partial charge on any atom is 0.0195 e. The maximum absolute atomic E-state index is 2.40. The van der Waals surface area contributed by atoms with E-state index in [0.29, 0.717) is 0 Å². The summed E-state index contributed by atoms with van der Waals surface area (Å²) >= 11 is 0. The van der Waals surface area contributed by atoms with Crippen LogP contribution in [0.25, 0.3) is 0 Å². The zero-order valence-corrected chi connectivity index (χ0v) is 7.09. The molecule has 0 bridgehead atoms. The number of nitrogens with zero attached hydrogens (tertiary/aromatic N) is 1. The lowest BCUT2D eigenvalue weighted by molar-refractivity contribution is 0.277. The number of piperidine rings is 1. The molecule has 2 rings (SSSR count). The highest BCUT2D eigenvalue weighted by atomic mass is 15.1. The van der Waals surface area contributed by atoms with E-state index in [1.807, 2.05) is 0 Å². The first-order valence-corrected chi connectivity index (χ1v) is 4.40. The van der Waals surface area contributed by atoms with Gasteiger partial charge >= 0.3 is 0 Å². The highest BCUT2D eigenvalue weighted by Gasteiger charge is 2.21. The van der Waals surface area contributed by atoms with Gasteiger partial charge in [-0.25, -0.2) is 0 Å². The summed E-state index contributed by atoms with van der Waals surface area (Å²) < 4.78 is 0. The fourth-order valence-corrected chi connectivity index (χ4v) is 1.97. The van der Waals surface area contributed by atoms with Crippen molar-refractivity contribution in [2.24, 2.45) is 5.92 Å². The van der Waals surface area contributed by atoms with Crippen LogP contribution in [0.3, 0.4) is 0 Å². The molecule has 1 atom stereocenters. The first-order valence-electron chi connectivity index (χ1n) is 4.40. The van der Waals surface area contributed by atoms with Gasteiger partial charge < -0.3 is 4.90 Å². The van der Waals surface area contributed by atoms with Gasteiger partial charge in [-0.1, -0.05) is 23.8 Å². The standard InChI is InChI=1S/C10H15N/c1-11-7-6-9-4-2-3-5-10(9)8-11/h2-3,5,9H,4,6-8H2,1H3. The second-order valence-electron chi connectivity index (χ2n) is 3.63. The third-order valence-electron chi connectivity index (χ3n) is 2.70. The number of fused-ring (bicyclic) bond motifs is 1. The molecule has 1 aliphatic heterocycles. The first kappa shape index (κ1) is 7.11. The van der Waals surface area contributed by atoms with Gasteiger partial charge in [0, 0.05) is 6.54 Å². The van der Waals surface area contributed by atoms with Crippen LogP contribution < -0.4 is 0 Å². The number of likely N-dealkylation sites (tertiary alicyclic amines) is 1. The largest absolute Gasteiger partial charge is 0.302 e. The quantitative estimate of drug-likeness (QED) is 0.508. The molecule has 2 aliphatic rings. The van der Waals surface area contributed by atoms with E-state index in [9.17, 15) is 0 Å². The zero-order chi connectivity index (χ0) is 7.68. The molecule has 0 radical (unpaired) electrons. The number of allylic oxidation sites excluding steroid dienone is 3. The van der Waals surface area contributed by atoms with E-state index in [0.717, 1.165) is 5.92 Å². The van der Waals surface area contributed by atoms with Crippen LogP contribution in [-0.4, -0.2) is 25.0 Å². The molecule has 1 unspecified atom stereocenters. The molecule has 1 nitrogen and oxygen atoms in total. The van der Waals surface area contributed by atoms with Crippen LogP contribution in [0.2, 0.25) is 0 Å². The third-order valence-corrected chi connectivity index (χ3v) is 2.70. The minimum atomic E-state index is 0.871. The molecule has 1 saturated heterocycles. The Morgan fingerprint density at radius 3 is 3.36 bits per heavy atom. The van der Waals surface area contributed by atoms with E-state index < -0.39 is 0 Å². The van der Waals surface area contributed by atoms with Gasteiger partial charge in [0.2, 0.25) is 0 Å². The molecule has 0 spiro atoms. The van der Waals surface area contributed by atoms with Gasteiger partial charge in [-0.05, 0) is 32.4 Å². The van der Waals surface area contributed by atoms with E-state index in [2.05, 4.69) is 30.2 Å². The molecule has 60 valence electrons. The van der Waals surface area contributed by atoms with Crippen LogP contribution in [0.1, 0.15) is 12.8 Å². The molecule has 1 heterocycles. The fourth-order valence-electron chi connectivity index (χ4n) is 1.97. The number of hydrogen-bond donors (Lipinski definition) is 0. The van der Waals surface area contributed by atoms with E-state index in [1.165, 1.54) is 25.9 Å². The lowest BCUT2D eigenvalue weighted by Crippen LogP contribution is -2.32. The first-order chi connectivity index (χ1) is 5.36. The topological polar surface area (TPSA) is 3.24 Å². The van der Waals surface area contributed by atoms with Gasteiger partial charge in [0.05, 0.1) is 0 Å². The van der Waals surface area contributed by atoms with E-state index in [4.69, 9.17) is 0 Å². The SMILES string of the molecule is CN1CCC2CC=CC=C2C1. The molecule has 0 aromatic carbocycles. The van der Waals surface area contributed by atoms with Gasteiger partial charge in [-0.15, -0.1) is 0 Å². The second-order valence-corrected chi connectivity index (χ2v) is 3.63. The number of rotatable bonds is 0. The van der Waals surface area contributed by atoms with Gasteiger partial charge in [0.25, 0.3) is 0 Å². The average molecular weight is 149 g/mol. The van der Waals surface area contributed by atoms with Crippen molar-refractivity contribution in [1.82, 2.24) is 4.90 Å². The van der Waals surface area contributed by atoms with Crippen molar-refractivity contribution in [2.45, 2.75) is 12.8 Å². The molecule has 0 amide bonds. The van der Waals surface area contributed by atoms with Crippen LogP contribution >= 0.6 is 0 Å². The Balaban J connectivity index is 2.12. The number of likely N-dealkylation sites (N-methyl/N-ethyl adjacent to an activating group) is 1. The van der Waals surface area contributed by atoms with Crippen LogP contribution in [-0.2, 0) is 0 Å². The Morgan fingerprint density at radius 1 is 1.55 bits per heavy atom. The summed E-state index contributed by atoms with van der Waals surface area (Å²) in [6.07, 6.45) is 9.42. The molecular formula is C10H15N. The molecular weight excluding hydrogens is 134 g/mol. The number of hydrogen-bond acceptors (Lipinski definition) is 1.